The molecule has 0 aliphatic heterocycles. The Morgan fingerprint density at radius 2 is 2.07 bits per heavy atom. The maximum atomic E-state index is 11.4. The summed E-state index contributed by atoms with van der Waals surface area (Å²) in [6.07, 6.45) is 0.505. The summed E-state index contributed by atoms with van der Waals surface area (Å²) < 4.78 is 4.93. The summed E-state index contributed by atoms with van der Waals surface area (Å²) in [5.41, 5.74) is 0.466. The van der Waals surface area contributed by atoms with Gasteiger partial charge in [-0.25, -0.2) is 4.79 Å². The van der Waals surface area contributed by atoms with Gasteiger partial charge in [0.25, 0.3) is 0 Å². The third-order valence-electron chi connectivity index (χ3n) is 1.82. The summed E-state index contributed by atoms with van der Waals surface area (Å²) in [4.78, 5) is 21.8. The number of carbonyl (C=O) groups excluding carboxylic acids is 2. The molecule has 0 bridgehead atoms. The van der Waals surface area contributed by atoms with E-state index in [0.29, 0.717) is 18.3 Å². The van der Waals surface area contributed by atoms with E-state index in [1.165, 1.54) is 0 Å². The van der Waals surface area contributed by atoms with Crippen molar-refractivity contribution in [2.45, 2.75) is 19.4 Å². The van der Waals surface area contributed by atoms with Gasteiger partial charge >= 0.3 is 5.97 Å². The van der Waals surface area contributed by atoms with Gasteiger partial charge in [-0.3, -0.25) is 4.79 Å². The van der Waals surface area contributed by atoms with Crippen LogP contribution in [0.1, 0.15) is 23.7 Å². The molecule has 0 radical (unpaired) electrons. The molecule has 0 aliphatic carbocycles. The number of ether oxygens (including phenoxy) is 1. The van der Waals surface area contributed by atoms with E-state index in [4.69, 9.17) is 4.74 Å². The summed E-state index contributed by atoms with van der Waals surface area (Å²) >= 11 is 0. The van der Waals surface area contributed by atoms with Crippen molar-refractivity contribution in [3.63, 3.8) is 0 Å². The molecule has 1 aromatic rings. The predicted octanol–water partition coefficient (Wildman–Crippen LogP) is 1.82. The van der Waals surface area contributed by atoms with E-state index in [1.807, 2.05) is 6.07 Å². The topological polar surface area (TPSA) is 43.4 Å². The number of rotatable bonds is 4. The number of carbonyl (C=O) groups is 2. The van der Waals surface area contributed by atoms with Gasteiger partial charge in [0.15, 0.2) is 12.4 Å². The lowest BCUT2D eigenvalue weighted by Crippen LogP contribution is -2.18. The van der Waals surface area contributed by atoms with Crippen LogP contribution < -0.4 is 0 Å². The fourth-order valence-electron chi connectivity index (χ4n) is 0.987. The number of benzene rings is 1. The van der Waals surface area contributed by atoms with Gasteiger partial charge in [0.2, 0.25) is 0 Å². The molecule has 0 aliphatic rings. The van der Waals surface area contributed by atoms with Gasteiger partial charge in [-0.15, -0.1) is 0 Å². The normalized spacial score (nSPS) is 11.8. The van der Waals surface area contributed by atoms with Gasteiger partial charge < -0.3 is 4.74 Å². The predicted molar refractivity (Wildman–Crippen MR) is 52.0 cm³/mol. The van der Waals surface area contributed by atoms with Crippen molar-refractivity contribution >= 4 is 12.3 Å². The zero-order chi connectivity index (χ0) is 10.4. The molecule has 1 aromatic carbocycles. The molecular weight excluding hydrogens is 180 g/mol. The molecule has 0 spiro atoms. The highest BCUT2D eigenvalue weighted by Gasteiger charge is 2.12. The van der Waals surface area contributed by atoms with Crippen LogP contribution in [0.5, 0.6) is 0 Å². The van der Waals surface area contributed by atoms with Gasteiger partial charge in [0.05, 0.1) is 5.56 Å². The molecule has 0 aromatic heterocycles. The molecule has 1 unspecified atom stereocenters. The molecule has 0 heterocycles. The maximum absolute atomic E-state index is 11.4. The molecule has 0 N–H and O–H groups in total. The second-order valence-electron chi connectivity index (χ2n) is 2.85. The Hall–Kier alpha value is -1.64. The van der Waals surface area contributed by atoms with Crippen molar-refractivity contribution in [2.75, 3.05) is 0 Å². The fourth-order valence-corrected chi connectivity index (χ4v) is 0.987. The highest BCUT2D eigenvalue weighted by molar-refractivity contribution is 5.90. The average Bonchev–Trinajstić information content (AvgIpc) is 2.26. The van der Waals surface area contributed by atoms with E-state index in [2.05, 4.69) is 0 Å². The van der Waals surface area contributed by atoms with Crippen LogP contribution in [-0.2, 0) is 9.53 Å². The molecule has 1 rings (SSSR count). The van der Waals surface area contributed by atoms with E-state index < -0.39 is 12.1 Å². The first kappa shape index (κ1) is 10.4. The summed E-state index contributed by atoms with van der Waals surface area (Å²) in [5.74, 6) is -0.454. The van der Waals surface area contributed by atoms with Crippen LogP contribution in [-0.4, -0.2) is 18.4 Å². The fraction of sp³-hybridized carbons (Fsp3) is 0.273. The first-order chi connectivity index (χ1) is 6.77. The molecule has 3 heteroatoms. The van der Waals surface area contributed by atoms with Crippen molar-refractivity contribution in [1.82, 2.24) is 0 Å². The molecule has 0 fully saturated rings. The van der Waals surface area contributed by atoms with Gasteiger partial charge in [-0.2, -0.15) is 0 Å². The highest BCUT2D eigenvalue weighted by atomic mass is 16.5. The summed E-state index contributed by atoms with van der Waals surface area (Å²) in [6, 6.07) is 8.62. The number of hydrogen-bond donors (Lipinski definition) is 0. The number of esters is 1. The van der Waals surface area contributed by atoms with Crippen molar-refractivity contribution in [3.8, 4) is 0 Å². The molecular formula is C11H12O3. The Kier molecular flexibility index (Phi) is 3.85. The Bertz CT molecular complexity index is 306. The molecule has 0 amide bonds. The molecule has 1 atom stereocenters. The molecule has 74 valence electrons. The SMILES string of the molecule is CCC(C=O)OC(=O)c1ccccc1. The van der Waals surface area contributed by atoms with Crippen molar-refractivity contribution < 1.29 is 14.3 Å². The van der Waals surface area contributed by atoms with E-state index in [-0.39, 0.29) is 0 Å². The van der Waals surface area contributed by atoms with Crippen molar-refractivity contribution in [3.05, 3.63) is 35.9 Å². The maximum Gasteiger partial charge on any atom is 0.338 e. The summed E-state index contributed by atoms with van der Waals surface area (Å²) in [6.45, 7) is 1.79. The second kappa shape index (κ2) is 5.17. The smallest absolute Gasteiger partial charge is 0.338 e. The van der Waals surface area contributed by atoms with Crippen molar-refractivity contribution in [2.24, 2.45) is 0 Å². The zero-order valence-electron chi connectivity index (χ0n) is 7.97. The van der Waals surface area contributed by atoms with E-state index >= 15 is 0 Å². The Labute approximate surface area is 82.7 Å². The van der Waals surface area contributed by atoms with E-state index in [0.717, 1.165) is 0 Å². The monoisotopic (exact) mass is 192 g/mol. The highest BCUT2D eigenvalue weighted by Crippen LogP contribution is 2.04. The number of aldehydes is 1. The lowest BCUT2D eigenvalue weighted by atomic mass is 10.2. The Morgan fingerprint density at radius 3 is 2.57 bits per heavy atom. The quantitative estimate of drug-likeness (QED) is 0.540. The van der Waals surface area contributed by atoms with Crippen molar-refractivity contribution in [1.29, 1.82) is 0 Å². The zero-order valence-corrected chi connectivity index (χ0v) is 7.97. The molecule has 0 saturated heterocycles. The average molecular weight is 192 g/mol. The van der Waals surface area contributed by atoms with Crippen LogP contribution in [0.3, 0.4) is 0 Å². The van der Waals surface area contributed by atoms with Crippen LogP contribution in [0, 0.1) is 0 Å². The van der Waals surface area contributed by atoms with E-state index in [9.17, 15) is 9.59 Å². The largest absolute Gasteiger partial charge is 0.451 e. The van der Waals surface area contributed by atoms with Gasteiger partial charge in [0.1, 0.15) is 0 Å². The molecule has 0 saturated carbocycles. The molecule has 14 heavy (non-hydrogen) atoms. The Balaban J connectivity index is 2.63. The van der Waals surface area contributed by atoms with Gasteiger partial charge in [0, 0.05) is 0 Å². The van der Waals surface area contributed by atoms with Crippen LogP contribution in [0.2, 0.25) is 0 Å². The van der Waals surface area contributed by atoms with Crippen LogP contribution in [0.4, 0.5) is 0 Å². The second-order valence-corrected chi connectivity index (χ2v) is 2.85. The van der Waals surface area contributed by atoms with E-state index in [1.54, 1.807) is 31.2 Å². The third kappa shape index (κ3) is 2.69. The van der Waals surface area contributed by atoms with Crippen LogP contribution in [0.15, 0.2) is 30.3 Å². The minimum absolute atomic E-state index is 0.454. The minimum atomic E-state index is -0.636. The Morgan fingerprint density at radius 1 is 1.43 bits per heavy atom. The first-order valence-electron chi connectivity index (χ1n) is 4.49. The minimum Gasteiger partial charge on any atom is -0.451 e. The van der Waals surface area contributed by atoms with Gasteiger partial charge in [-0.1, -0.05) is 25.1 Å². The van der Waals surface area contributed by atoms with Gasteiger partial charge in [-0.05, 0) is 18.6 Å². The standard InChI is InChI=1S/C11H12O3/c1-2-10(8-12)14-11(13)9-6-4-3-5-7-9/h3-8,10H,2H2,1H3. The third-order valence-corrected chi connectivity index (χ3v) is 1.82. The summed E-state index contributed by atoms with van der Waals surface area (Å²) in [5, 5.41) is 0. The first-order valence-corrected chi connectivity index (χ1v) is 4.49. The number of hydrogen-bond acceptors (Lipinski definition) is 3. The lowest BCUT2D eigenvalue weighted by molar-refractivity contribution is -0.115. The summed E-state index contributed by atoms with van der Waals surface area (Å²) in [7, 11) is 0. The van der Waals surface area contributed by atoms with Crippen LogP contribution >= 0.6 is 0 Å². The molecule has 3 nitrogen and oxygen atoms in total. The lowest BCUT2D eigenvalue weighted by Gasteiger charge is -2.08. The van der Waals surface area contributed by atoms with Crippen LogP contribution in [0.25, 0.3) is 0 Å².